The number of hydrogen-bond acceptors (Lipinski definition) is 5. The molecule has 2 N–H and O–H groups in total. The molecule has 2 heterocycles. The van der Waals surface area contributed by atoms with Crippen molar-refractivity contribution in [3.8, 4) is 5.75 Å². The lowest BCUT2D eigenvalue weighted by molar-refractivity contribution is 0.0693. The van der Waals surface area contributed by atoms with Crippen molar-refractivity contribution in [2.45, 2.75) is 24.9 Å². The molecule has 2 aromatic carbocycles. The van der Waals surface area contributed by atoms with Crippen molar-refractivity contribution >= 4 is 10.2 Å². The lowest BCUT2D eigenvalue weighted by atomic mass is 9.96. The van der Waals surface area contributed by atoms with E-state index in [1.807, 2.05) is 24.3 Å². The van der Waals surface area contributed by atoms with E-state index >= 15 is 0 Å². The molecular formula is C22H28FN3O4S. The number of ether oxygens (including phenoxy) is 2. The SMILES string of the molecule is NCc1cccc(OC[C@@H]2C[C@H](c3ccc(F)cc3)CN2S(=O)(=O)N2CCOCC2)c1. The summed E-state index contributed by atoms with van der Waals surface area (Å²) in [7, 11) is -3.66. The first-order valence-corrected chi connectivity index (χ1v) is 11.9. The summed E-state index contributed by atoms with van der Waals surface area (Å²) in [6.45, 7) is 2.43. The van der Waals surface area contributed by atoms with Gasteiger partial charge < -0.3 is 15.2 Å². The van der Waals surface area contributed by atoms with Crippen molar-refractivity contribution in [3.05, 3.63) is 65.5 Å². The summed E-state index contributed by atoms with van der Waals surface area (Å²) >= 11 is 0. The molecule has 0 radical (unpaired) electrons. The van der Waals surface area contributed by atoms with Crippen LogP contribution in [0.1, 0.15) is 23.5 Å². The van der Waals surface area contributed by atoms with Crippen LogP contribution in [0.25, 0.3) is 0 Å². The number of morpholine rings is 1. The van der Waals surface area contributed by atoms with Crippen LogP contribution in [0, 0.1) is 5.82 Å². The van der Waals surface area contributed by atoms with Crippen LogP contribution in [0.3, 0.4) is 0 Å². The van der Waals surface area contributed by atoms with Crippen molar-refractivity contribution in [1.29, 1.82) is 0 Å². The van der Waals surface area contributed by atoms with Gasteiger partial charge in [-0.1, -0.05) is 24.3 Å². The molecule has 4 rings (SSSR count). The maximum Gasteiger partial charge on any atom is 0.282 e. The number of hydrogen-bond donors (Lipinski definition) is 1. The van der Waals surface area contributed by atoms with Crippen molar-refractivity contribution < 1.29 is 22.3 Å². The highest BCUT2D eigenvalue weighted by Crippen LogP contribution is 2.35. The smallest absolute Gasteiger partial charge is 0.282 e. The van der Waals surface area contributed by atoms with Gasteiger partial charge in [0.15, 0.2) is 0 Å². The molecule has 168 valence electrons. The Kier molecular flexibility index (Phi) is 6.88. The zero-order valence-electron chi connectivity index (χ0n) is 17.3. The molecule has 2 aliphatic rings. The number of nitrogens with zero attached hydrogens (tertiary/aromatic N) is 2. The van der Waals surface area contributed by atoms with E-state index in [0.29, 0.717) is 51.6 Å². The molecule has 0 saturated carbocycles. The molecular weight excluding hydrogens is 421 g/mol. The van der Waals surface area contributed by atoms with E-state index in [0.717, 1.165) is 11.1 Å². The Morgan fingerprint density at radius 2 is 1.87 bits per heavy atom. The van der Waals surface area contributed by atoms with Gasteiger partial charge in [-0.3, -0.25) is 0 Å². The third-order valence-corrected chi connectivity index (χ3v) is 7.93. The highest BCUT2D eigenvalue weighted by atomic mass is 32.2. The van der Waals surface area contributed by atoms with Crippen molar-refractivity contribution in [1.82, 2.24) is 8.61 Å². The average molecular weight is 450 g/mol. The van der Waals surface area contributed by atoms with Crippen LogP contribution in [0.15, 0.2) is 48.5 Å². The van der Waals surface area contributed by atoms with Crippen LogP contribution in [-0.4, -0.2) is 62.5 Å². The van der Waals surface area contributed by atoms with Gasteiger partial charge in [0.25, 0.3) is 10.2 Å². The topological polar surface area (TPSA) is 85.1 Å². The standard InChI is InChI=1S/C22H28FN3O4S/c23-20-6-4-18(5-7-20)19-13-21(16-30-22-3-1-2-17(12-22)14-24)26(15-19)31(27,28)25-8-10-29-11-9-25/h1-7,12,19,21H,8-11,13-16,24H2/t19-,21-/m0/s1. The Hall–Kier alpha value is -2.04. The van der Waals surface area contributed by atoms with Crippen molar-refractivity contribution in [2.24, 2.45) is 5.73 Å². The van der Waals surface area contributed by atoms with Gasteiger partial charge in [0.05, 0.1) is 19.3 Å². The van der Waals surface area contributed by atoms with Crippen LogP contribution >= 0.6 is 0 Å². The first-order valence-electron chi connectivity index (χ1n) is 10.5. The molecule has 2 atom stereocenters. The van der Waals surface area contributed by atoms with Crippen LogP contribution in [0.5, 0.6) is 5.75 Å². The number of halogens is 1. The largest absolute Gasteiger partial charge is 0.492 e. The Morgan fingerprint density at radius 1 is 1.13 bits per heavy atom. The fourth-order valence-electron chi connectivity index (χ4n) is 4.18. The molecule has 0 spiro atoms. The normalized spacial score (nSPS) is 23.2. The average Bonchev–Trinajstić information content (AvgIpc) is 3.24. The molecule has 9 heteroatoms. The summed E-state index contributed by atoms with van der Waals surface area (Å²) in [6, 6.07) is 13.5. The minimum absolute atomic E-state index is 0.0274. The third-order valence-electron chi connectivity index (χ3n) is 5.87. The number of benzene rings is 2. The quantitative estimate of drug-likeness (QED) is 0.700. The van der Waals surface area contributed by atoms with Gasteiger partial charge in [-0.15, -0.1) is 0 Å². The zero-order valence-corrected chi connectivity index (χ0v) is 18.1. The predicted molar refractivity (Wildman–Crippen MR) is 115 cm³/mol. The van der Waals surface area contributed by atoms with Gasteiger partial charge in [0.2, 0.25) is 0 Å². The monoisotopic (exact) mass is 449 g/mol. The van der Waals surface area contributed by atoms with Crippen LogP contribution in [0.4, 0.5) is 4.39 Å². The predicted octanol–water partition coefficient (Wildman–Crippen LogP) is 2.10. The van der Waals surface area contributed by atoms with E-state index in [-0.39, 0.29) is 24.4 Å². The minimum Gasteiger partial charge on any atom is -0.492 e. The van der Waals surface area contributed by atoms with Crippen LogP contribution < -0.4 is 10.5 Å². The summed E-state index contributed by atoms with van der Waals surface area (Å²) in [4.78, 5) is 0. The summed E-state index contributed by atoms with van der Waals surface area (Å²) in [5.74, 6) is 0.330. The molecule has 2 aliphatic heterocycles. The third kappa shape index (κ3) is 5.07. The van der Waals surface area contributed by atoms with Gasteiger partial charge in [-0.05, 0) is 47.7 Å². The van der Waals surface area contributed by atoms with Gasteiger partial charge in [0.1, 0.15) is 18.2 Å². The van der Waals surface area contributed by atoms with E-state index in [1.165, 1.54) is 16.4 Å². The fraction of sp³-hybridized carbons (Fsp3) is 0.455. The Bertz CT molecular complexity index is 981. The molecule has 31 heavy (non-hydrogen) atoms. The fourth-order valence-corrected chi connectivity index (χ4v) is 5.98. The second-order valence-electron chi connectivity index (χ2n) is 7.89. The summed E-state index contributed by atoms with van der Waals surface area (Å²) in [6.07, 6.45) is 0.603. The summed E-state index contributed by atoms with van der Waals surface area (Å²) < 4.78 is 54.5. The first-order chi connectivity index (χ1) is 15.0. The maximum atomic E-state index is 13.4. The number of rotatable bonds is 7. The Balaban J connectivity index is 1.55. The lowest BCUT2D eigenvalue weighted by Gasteiger charge is -2.32. The first kappa shape index (κ1) is 22.2. The molecule has 0 amide bonds. The van der Waals surface area contributed by atoms with E-state index < -0.39 is 10.2 Å². The number of nitrogens with two attached hydrogens (primary N) is 1. The van der Waals surface area contributed by atoms with Gasteiger partial charge in [-0.2, -0.15) is 17.0 Å². The van der Waals surface area contributed by atoms with Gasteiger partial charge >= 0.3 is 0 Å². The highest BCUT2D eigenvalue weighted by molar-refractivity contribution is 7.86. The molecule has 0 aliphatic carbocycles. The maximum absolute atomic E-state index is 13.4. The van der Waals surface area contributed by atoms with E-state index in [9.17, 15) is 12.8 Å². The lowest BCUT2D eigenvalue weighted by Crippen LogP contribution is -2.51. The summed E-state index contributed by atoms with van der Waals surface area (Å²) in [5, 5.41) is 0. The second-order valence-corrected chi connectivity index (χ2v) is 9.77. The van der Waals surface area contributed by atoms with E-state index in [4.69, 9.17) is 15.2 Å². The minimum atomic E-state index is -3.66. The van der Waals surface area contributed by atoms with Crippen molar-refractivity contribution in [3.63, 3.8) is 0 Å². The van der Waals surface area contributed by atoms with E-state index in [2.05, 4.69) is 0 Å². The molecule has 2 fully saturated rings. The van der Waals surface area contributed by atoms with E-state index in [1.54, 1.807) is 16.4 Å². The molecule has 0 bridgehead atoms. The molecule has 0 unspecified atom stereocenters. The van der Waals surface area contributed by atoms with Gasteiger partial charge in [0, 0.05) is 26.2 Å². The molecule has 7 nitrogen and oxygen atoms in total. The van der Waals surface area contributed by atoms with Crippen LogP contribution in [0.2, 0.25) is 0 Å². The molecule has 2 saturated heterocycles. The second kappa shape index (κ2) is 9.62. The molecule has 2 aromatic rings. The van der Waals surface area contributed by atoms with Crippen molar-refractivity contribution in [2.75, 3.05) is 39.5 Å². The highest BCUT2D eigenvalue weighted by Gasteiger charge is 2.43. The molecule has 0 aromatic heterocycles. The summed E-state index contributed by atoms with van der Waals surface area (Å²) in [5.41, 5.74) is 7.58. The van der Waals surface area contributed by atoms with Crippen LogP contribution in [-0.2, 0) is 21.5 Å². The Labute approximate surface area is 182 Å². The van der Waals surface area contributed by atoms with Gasteiger partial charge in [-0.25, -0.2) is 4.39 Å². The Morgan fingerprint density at radius 3 is 2.58 bits per heavy atom. The zero-order chi connectivity index (χ0) is 21.8.